The number of nitrogens with one attached hydrogen (secondary N) is 1. The molecule has 116 valence electrons. The van der Waals surface area contributed by atoms with E-state index in [2.05, 4.69) is 10.5 Å². The number of rotatable bonds is 8. The second kappa shape index (κ2) is 9.23. The average Bonchev–Trinajstić information content (AvgIpc) is 2.47. The monoisotopic (exact) mass is 312 g/mol. The Bertz CT molecular complexity index is 504. The molecule has 0 aliphatic heterocycles. The molecule has 6 heteroatoms. The summed E-state index contributed by atoms with van der Waals surface area (Å²) in [7, 11) is 1.54. The van der Waals surface area contributed by atoms with Crippen LogP contribution in [-0.4, -0.2) is 25.8 Å². The number of amides is 1. The lowest BCUT2D eigenvalue weighted by atomic mass is 10.2. The van der Waals surface area contributed by atoms with E-state index in [0.717, 1.165) is 18.4 Å². The lowest BCUT2D eigenvalue weighted by molar-refractivity contribution is -0.121. The van der Waals surface area contributed by atoms with Crippen LogP contribution in [0.15, 0.2) is 17.2 Å². The highest BCUT2D eigenvalue weighted by atomic mass is 35.5. The predicted molar refractivity (Wildman–Crippen MR) is 84.4 cm³/mol. The van der Waals surface area contributed by atoms with Crippen LogP contribution in [0.1, 0.15) is 38.7 Å². The van der Waals surface area contributed by atoms with Crippen molar-refractivity contribution in [3.8, 4) is 11.5 Å². The fourth-order valence-electron chi connectivity index (χ4n) is 1.67. The van der Waals surface area contributed by atoms with Crippen molar-refractivity contribution in [2.45, 2.75) is 33.1 Å². The van der Waals surface area contributed by atoms with E-state index in [4.69, 9.17) is 21.1 Å². The van der Waals surface area contributed by atoms with Crippen molar-refractivity contribution < 1.29 is 14.3 Å². The van der Waals surface area contributed by atoms with Crippen LogP contribution in [0.4, 0.5) is 0 Å². The number of unbranched alkanes of at least 4 members (excludes halogenated alkanes) is 1. The molecule has 0 saturated heterocycles. The molecule has 0 radical (unpaired) electrons. The van der Waals surface area contributed by atoms with Gasteiger partial charge in [-0.1, -0.05) is 24.9 Å². The van der Waals surface area contributed by atoms with Gasteiger partial charge in [-0.05, 0) is 31.0 Å². The average molecular weight is 313 g/mol. The van der Waals surface area contributed by atoms with E-state index in [-0.39, 0.29) is 5.91 Å². The maximum atomic E-state index is 11.4. The highest BCUT2D eigenvalue weighted by Gasteiger charge is 2.10. The first-order valence-corrected chi connectivity index (χ1v) is 7.32. The molecule has 0 aliphatic rings. The number of hydrazone groups is 1. The minimum atomic E-state index is -0.0999. The standard InChI is InChI=1S/C15H21ClN2O3/c1-4-6-7-14(19)18-17-10-11-8-12(16)15(21-5-2)13(9-11)20-3/h8-10H,4-7H2,1-3H3,(H,18,19)/b17-10+. The molecular weight excluding hydrogens is 292 g/mol. The maximum Gasteiger partial charge on any atom is 0.240 e. The van der Waals surface area contributed by atoms with Gasteiger partial charge in [0.15, 0.2) is 11.5 Å². The third kappa shape index (κ3) is 5.63. The van der Waals surface area contributed by atoms with Crippen LogP contribution in [0.5, 0.6) is 11.5 Å². The van der Waals surface area contributed by atoms with Gasteiger partial charge in [-0.25, -0.2) is 5.43 Å². The summed E-state index contributed by atoms with van der Waals surface area (Å²) in [6.07, 6.45) is 3.82. The molecule has 0 spiro atoms. The second-order valence-corrected chi connectivity index (χ2v) is 4.77. The Morgan fingerprint density at radius 1 is 1.43 bits per heavy atom. The van der Waals surface area contributed by atoms with Crippen LogP contribution in [0.25, 0.3) is 0 Å². The Kier molecular flexibility index (Phi) is 7.61. The van der Waals surface area contributed by atoms with Crippen LogP contribution in [-0.2, 0) is 4.79 Å². The number of carbonyl (C=O) groups is 1. The molecule has 1 aromatic carbocycles. The summed E-state index contributed by atoms with van der Waals surface area (Å²) in [6.45, 7) is 4.40. The minimum absolute atomic E-state index is 0.0999. The van der Waals surface area contributed by atoms with E-state index >= 15 is 0 Å². The molecule has 0 atom stereocenters. The fraction of sp³-hybridized carbons (Fsp3) is 0.467. The van der Waals surface area contributed by atoms with Gasteiger partial charge in [0.05, 0.1) is 25.0 Å². The van der Waals surface area contributed by atoms with Crippen LogP contribution >= 0.6 is 11.6 Å². The molecule has 0 bridgehead atoms. The molecule has 1 rings (SSSR count). The van der Waals surface area contributed by atoms with Crippen LogP contribution < -0.4 is 14.9 Å². The number of halogens is 1. The molecule has 21 heavy (non-hydrogen) atoms. The fourth-order valence-corrected chi connectivity index (χ4v) is 1.94. The quantitative estimate of drug-likeness (QED) is 0.591. The number of hydrogen-bond donors (Lipinski definition) is 1. The Hall–Kier alpha value is -1.75. The minimum Gasteiger partial charge on any atom is -0.493 e. The Morgan fingerprint density at radius 2 is 2.19 bits per heavy atom. The lowest BCUT2D eigenvalue weighted by Gasteiger charge is -2.11. The summed E-state index contributed by atoms with van der Waals surface area (Å²) >= 11 is 6.15. The smallest absolute Gasteiger partial charge is 0.240 e. The molecule has 1 aromatic rings. The molecular formula is C15H21ClN2O3. The van der Waals surface area contributed by atoms with E-state index in [9.17, 15) is 4.79 Å². The first-order chi connectivity index (χ1) is 10.1. The van der Waals surface area contributed by atoms with Crippen LogP contribution in [0.3, 0.4) is 0 Å². The number of carbonyl (C=O) groups excluding carboxylic acids is 1. The van der Waals surface area contributed by atoms with Gasteiger partial charge in [0, 0.05) is 6.42 Å². The Labute approximate surface area is 130 Å². The molecule has 0 aliphatic carbocycles. The Morgan fingerprint density at radius 3 is 2.81 bits per heavy atom. The van der Waals surface area contributed by atoms with E-state index in [1.54, 1.807) is 19.2 Å². The molecule has 1 amide bonds. The third-order valence-electron chi connectivity index (χ3n) is 2.70. The zero-order chi connectivity index (χ0) is 15.7. The van der Waals surface area contributed by atoms with Crippen molar-refractivity contribution in [2.75, 3.05) is 13.7 Å². The van der Waals surface area contributed by atoms with Crippen molar-refractivity contribution >= 4 is 23.7 Å². The van der Waals surface area contributed by atoms with Gasteiger partial charge < -0.3 is 9.47 Å². The maximum absolute atomic E-state index is 11.4. The van der Waals surface area contributed by atoms with Crippen LogP contribution in [0.2, 0.25) is 5.02 Å². The molecule has 0 aromatic heterocycles. The molecule has 1 N–H and O–H groups in total. The second-order valence-electron chi connectivity index (χ2n) is 4.36. The zero-order valence-electron chi connectivity index (χ0n) is 12.6. The molecule has 5 nitrogen and oxygen atoms in total. The Balaban J connectivity index is 2.75. The highest BCUT2D eigenvalue weighted by Crippen LogP contribution is 2.35. The molecule has 0 heterocycles. The van der Waals surface area contributed by atoms with E-state index in [1.807, 2.05) is 13.8 Å². The number of benzene rings is 1. The number of nitrogens with zero attached hydrogens (tertiary/aromatic N) is 1. The lowest BCUT2D eigenvalue weighted by Crippen LogP contribution is -2.16. The number of methoxy groups -OCH3 is 1. The summed E-state index contributed by atoms with van der Waals surface area (Å²) in [5.41, 5.74) is 3.20. The first-order valence-electron chi connectivity index (χ1n) is 6.94. The topological polar surface area (TPSA) is 59.9 Å². The number of hydrogen-bond acceptors (Lipinski definition) is 4. The predicted octanol–water partition coefficient (Wildman–Crippen LogP) is 3.39. The third-order valence-corrected chi connectivity index (χ3v) is 2.98. The highest BCUT2D eigenvalue weighted by molar-refractivity contribution is 6.32. The SMILES string of the molecule is CCCCC(=O)N/N=C/c1cc(Cl)c(OCC)c(OC)c1. The summed E-state index contributed by atoms with van der Waals surface area (Å²) in [4.78, 5) is 11.4. The summed E-state index contributed by atoms with van der Waals surface area (Å²) in [6, 6.07) is 3.45. The van der Waals surface area contributed by atoms with Gasteiger partial charge in [0.2, 0.25) is 5.91 Å². The van der Waals surface area contributed by atoms with Crippen LogP contribution in [0, 0.1) is 0 Å². The van der Waals surface area contributed by atoms with Gasteiger partial charge in [-0.2, -0.15) is 5.10 Å². The van der Waals surface area contributed by atoms with Crippen molar-refractivity contribution in [1.29, 1.82) is 0 Å². The normalized spacial score (nSPS) is 10.7. The van der Waals surface area contributed by atoms with Gasteiger partial charge in [0.25, 0.3) is 0 Å². The molecule has 0 unspecified atom stereocenters. The molecule has 0 fully saturated rings. The van der Waals surface area contributed by atoms with E-state index < -0.39 is 0 Å². The summed E-state index contributed by atoms with van der Waals surface area (Å²) in [5, 5.41) is 4.35. The van der Waals surface area contributed by atoms with Gasteiger partial charge in [0.1, 0.15) is 0 Å². The van der Waals surface area contributed by atoms with Crippen molar-refractivity contribution in [2.24, 2.45) is 5.10 Å². The zero-order valence-corrected chi connectivity index (χ0v) is 13.4. The molecule has 0 saturated carbocycles. The van der Waals surface area contributed by atoms with Gasteiger partial charge >= 0.3 is 0 Å². The summed E-state index contributed by atoms with van der Waals surface area (Å²) in [5.74, 6) is 0.936. The van der Waals surface area contributed by atoms with E-state index in [1.165, 1.54) is 6.21 Å². The van der Waals surface area contributed by atoms with Crippen molar-refractivity contribution in [3.05, 3.63) is 22.7 Å². The van der Waals surface area contributed by atoms with Gasteiger partial charge in [-0.3, -0.25) is 4.79 Å². The van der Waals surface area contributed by atoms with E-state index in [0.29, 0.717) is 29.5 Å². The largest absolute Gasteiger partial charge is 0.493 e. The summed E-state index contributed by atoms with van der Waals surface area (Å²) < 4.78 is 10.7. The number of ether oxygens (including phenoxy) is 2. The van der Waals surface area contributed by atoms with Gasteiger partial charge in [-0.15, -0.1) is 0 Å². The van der Waals surface area contributed by atoms with Crippen molar-refractivity contribution in [3.63, 3.8) is 0 Å². The first kappa shape index (κ1) is 17.3. The van der Waals surface area contributed by atoms with Crippen molar-refractivity contribution in [1.82, 2.24) is 5.43 Å².